The number of halogens is 2. The Morgan fingerprint density at radius 3 is 2.82 bits per heavy atom. The Balaban J connectivity index is 2.03. The molecule has 122 valence electrons. The van der Waals surface area contributed by atoms with Gasteiger partial charge in [0.15, 0.2) is 6.10 Å². The molecule has 0 radical (unpaired) electrons. The van der Waals surface area contributed by atoms with Gasteiger partial charge in [-0.05, 0) is 52.9 Å². The fourth-order valence-electron chi connectivity index (χ4n) is 2.63. The van der Waals surface area contributed by atoms with Crippen molar-refractivity contribution in [2.24, 2.45) is 11.1 Å². The van der Waals surface area contributed by atoms with Gasteiger partial charge in [-0.15, -0.1) is 0 Å². The minimum Gasteiger partial charge on any atom is -0.480 e. The van der Waals surface area contributed by atoms with Crippen molar-refractivity contribution in [3.8, 4) is 5.75 Å². The van der Waals surface area contributed by atoms with Crippen LogP contribution in [0, 0.1) is 11.2 Å². The Hall–Kier alpha value is -1.14. The van der Waals surface area contributed by atoms with E-state index in [0.717, 1.165) is 6.42 Å². The number of benzene rings is 1. The summed E-state index contributed by atoms with van der Waals surface area (Å²) in [6.45, 7) is 7.10. The average Bonchev–Trinajstić information content (AvgIpc) is 2.44. The third-order valence-corrected chi connectivity index (χ3v) is 4.79. The summed E-state index contributed by atoms with van der Waals surface area (Å²) in [5.41, 5.74) is 5.99. The van der Waals surface area contributed by atoms with Crippen molar-refractivity contribution in [2.75, 3.05) is 13.1 Å². The Morgan fingerprint density at radius 1 is 1.55 bits per heavy atom. The van der Waals surface area contributed by atoms with Crippen LogP contribution in [-0.2, 0) is 4.79 Å². The lowest BCUT2D eigenvalue weighted by Crippen LogP contribution is -2.56. The quantitative estimate of drug-likeness (QED) is 0.887. The topological polar surface area (TPSA) is 55.6 Å². The summed E-state index contributed by atoms with van der Waals surface area (Å²) in [5.74, 6) is 0.0244. The fourth-order valence-corrected chi connectivity index (χ4v) is 3.08. The molecule has 0 saturated carbocycles. The van der Waals surface area contributed by atoms with Crippen LogP contribution >= 0.6 is 15.9 Å². The van der Waals surface area contributed by atoms with E-state index in [2.05, 4.69) is 29.8 Å². The highest BCUT2D eigenvalue weighted by molar-refractivity contribution is 9.10. The van der Waals surface area contributed by atoms with E-state index in [1.54, 1.807) is 11.8 Å². The molecule has 1 aliphatic heterocycles. The van der Waals surface area contributed by atoms with Crippen LogP contribution in [0.15, 0.2) is 22.7 Å². The van der Waals surface area contributed by atoms with Crippen molar-refractivity contribution in [3.05, 3.63) is 28.5 Å². The van der Waals surface area contributed by atoms with Crippen molar-refractivity contribution < 1.29 is 13.9 Å². The predicted octanol–water partition coefficient (Wildman–Crippen LogP) is 2.94. The van der Waals surface area contributed by atoms with Gasteiger partial charge in [-0.25, -0.2) is 4.39 Å². The van der Waals surface area contributed by atoms with Crippen molar-refractivity contribution >= 4 is 21.8 Å². The van der Waals surface area contributed by atoms with Crippen LogP contribution in [0.3, 0.4) is 0 Å². The molecule has 1 aliphatic rings. The Kier molecular flexibility index (Phi) is 5.12. The van der Waals surface area contributed by atoms with Crippen LogP contribution in [0.5, 0.6) is 5.75 Å². The summed E-state index contributed by atoms with van der Waals surface area (Å²) in [6.07, 6.45) is 0.151. The van der Waals surface area contributed by atoms with Gasteiger partial charge in [-0.2, -0.15) is 0 Å². The molecule has 1 amide bonds. The maximum Gasteiger partial charge on any atom is 0.263 e. The molecule has 6 heteroatoms. The number of amides is 1. The van der Waals surface area contributed by atoms with Crippen LogP contribution in [0.4, 0.5) is 4.39 Å². The number of ether oxygens (including phenoxy) is 1. The van der Waals surface area contributed by atoms with Crippen molar-refractivity contribution in [1.82, 2.24) is 4.90 Å². The van der Waals surface area contributed by atoms with Gasteiger partial charge in [-0.1, -0.05) is 13.8 Å². The molecule has 2 unspecified atom stereocenters. The van der Waals surface area contributed by atoms with E-state index < -0.39 is 6.10 Å². The first-order chi connectivity index (χ1) is 10.2. The molecule has 1 aromatic carbocycles. The Labute approximate surface area is 138 Å². The third-order valence-electron chi connectivity index (χ3n) is 4.17. The first-order valence-electron chi connectivity index (χ1n) is 7.37. The zero-order valence-electron chi connectivity index (χ0n) is 13.1. The maximum absolute atomic E-state index is 13.1. The third kappa shape index (κ3) is 3.79. The summed E-state index contributed by atoms with van der Waals surface area (Å²) >= 11 is 3.24. The monoisotopic (exact) mass is 372 g/mol. The molecule has 2 atom stereocenters. The highest BCUT2D eigenvalue weighted by Gasteiger charge is 2.36. The van der Waals surface area contributed by atoms with Crippen LogP contribution in [0.1, 0.15) is 27.2 Å². The van der Waals surface area contributed by atoms with E-state index in [1.807, 2.05) is 0 Å². The molecule has 0 aliphatic carbocycles. The average molecular weight is 373 g/mol. The Morgan fingerprint density at radius 2 is 2.23 bits per heavy atom. The lowest BCUT2D eigenvalue weighted by molar-refractivity contribution is -0.141. The fraction of sp³-hybridized carbons (Fsp3) is 0.562. The molecule has 0 spiro atoms. The SMILES string of the molecule is CC(Oc1ccc(F)cc1Br)C(=O)N1CCC(N)C(C)(C)C1. The van der Waals surface area contributed by atoms with E-state index in [9.17, 15) is 9.18 Å². The summed E-state index contributed by atoms with van der Waals surface area (Å²) in [4.78, 5) is 14.3. The van der Waals surface area contributed by atoms with Crippen LogP contribution in [-0.4, -0.2) is 36.0 Å². The van der Waals surface area contributed by atoms with Gasteiger partial charge < -0.3 is 15.4 Å². The highest BCUT2D eigenvalue weighted by Crippen LogP contribution is 2.29. The number of rotatable bonds is 3. The first-order valence-corrected chi connectivity index (χ1v) is 8.16. The summed E-state index contributed by atoms with van der Waals surface area (Å²) in [6, 6.07) is 4.23. The van der Waals surface area contributed by atoms with Crippen molar-refractivity contribution in [3.63, 3.8) is 0 Å². The molecular weight excluding hydrogens is 351 g/mol. The summed E-state index contributed by atoms with van der Waals surface area (Å²) in [5, 5.41) is 0. The molecule has 1 aromatic rings. The Bertz CT molecular complexity index is 565. The molecule has 1 heterocycles. The molecule has 0 bridgehead atoms. The molecule has 1 fully saturated rings. The number of piperidine rings is 1. The van der Waals surface area contributed by atoms with E-state index in [-0.39, 0.29) is 23.2 Å². The number of carbonyl (C=O) groups is 1. The number of hydrogen-bond acceptors (Lipinski definition) is 3. The zero-order valence-corrected chi connectivity index (χ0v) is 14.7. The first kappa shape index (κ1) is 17.2. The number of carbonyl (C=O) groups excluding carboxylic acids is 1. The van der Waals surface area contributed by atoms with Crippen LogP contribution < -0.4 is 10.5 Å². The zero-order chi connectivity index (χ0) is 16.5. The van der Waals surface area contributed by atoms with Crippen molar-refractivity contribution in [2.45, 2.75) is 39.3 Å². The van der Waals surface area contributed by atoms with Crippen LogP contribution in [0.2, 0.25) is 0 Å². The van der Waals surface area contributed by atoms with E-state index in [1.165, 1.54) is 18.2 Å². The maximum atomic E-state index is 13.1. The summed E-state index contributed by atoms with van der Waals surface area (Å²) < 4.78 is 19.3. The molecule has 2 rings (SSSR count). The van der Waals surface area contributed by atoms with E-state index in [4.69, 9.17) is 10.5 Å². The standard InChI is InChI=1S/C16H22BrFN2O2/c1-10(22-13-5-4-11(18)8-12(13)17)15(21)20-7-6-14(19)16(2,3)9-20/h4-5,8,10,14H,6-7,9,19H2,1-3H3. The van der Waals surface area contributed by atoms with Crippen molar-refractivity contribution in [1.29, 1.82) is 0 Å². The minimum absolute atomic E-state index is 0.0730. The lowest BCUT2D eigenvalue weighted by atomic mass is 9.79. The molecule has 0 aromatic heterocycles. The molecule has 2 N–H and O–H groups in total. The van der Waals surface area contributed by atoms with Gasteiger partial charge in [0.2, 0.25) is 0 Å². The second-order valence-corrected chi connectivity index (χ2v) is 7.33. The van der Waals surface area contributed by atoms with Gasteiger partial charge in [-0.3, -0.25) is 4.79 Å². The lowest BCUT2D eigenvalue weighted by Gasteiger charge is -2.43. The smallest absolute Gasteiger partial charge is 0.263 e. The second kappa shape index (κ2) is 6.54. The van der Waals surface area contributed by atoms with Gasteiger partial charge in [0.25, 0.3) is 5.91 Å². The minimum atomic E-state index is -0.633. The molecular formula is C16H22BrFN2O2. The van der Waals surface area contributed by atoms with Gasteiger partial charge in [0.1, 0.15) is 11.6 Å². The number of likely N-dealkylation sites (tertiary alicyclic amines) is 1. The van der Waals surface area contributed by atoms with Gasteiger partial charge in [0, 0.05) is 19.1 Å². The van der Waals surface area contributed by atoms with Gasteiger partial charge in [0.05, 0.1) is 4.47 Å². The molecule has 4 nitrogen and oxygen atoms in total. The largest absolute Gasteiger partial charge is 0.480 e. The number of nitrogens with two attached hydrogens (primary N) is 1. The second-order valence-electron chi connectivity index (χ2n) is 6.48. The normalized spacial score (nSPS) is 22.3. The van der Waals surface area contributed by atoms with E-state index in [0.29, 0.717) is 23.3 Å². The summed E-state index contributed by atoms with van der Waals surface area (Å²) in [7, 11) is 0. The number of hydrogen-bond donors (Lipinski definition) is 1. The highest BCUT2D eigenvalue weighted by atomic mass is 79.9. The molecule has 22 heavy (non-hydrogen) atoms. The van der Waals surface area contributed by atoms with E-state index >= 15 is 0 Å². The molecule has 1 saturated heterocycles. The van der Waals surface area contributed by atoms with Crippen LogP contribution in [0.25, 0.3) is 0 Å². The number of nitrogens with zero attached hydrogens (tertiary/aromatic N) is 1. The predicted molar refractivity (Wildman–Crippen MR) is 87.1 cm³/mol. The van der Waals surface area contributed by atoms with Gasteiger partial charge >= 0.3 is 0 Å².